The summed E-state index contributed by atoms with van der Waals surface area (Å²) in [5.74, 6) is 0. The third-order valence-corrected chi connectivity index (χ3v) is 1.46. The van der Waals surface area contributed by atoms with Crippen LogP contribution in [0.2, 0.25) is 0 Å². The van der Waals surface area contributed by atoms with Crippen molar-refractivity contribution in [1.82, 2.24) is 0 Å². The summed E-state index contributed by atoms with van der Waals surface area (Å²) < 4.78 is 0. The van der Waals surface area contributed by atoms with Crippen LogP contribution in [0.3, 0.4) is 0 Å². The van der Waals surface area contributed by atoms with Crippen molar-refractivity contribution < 1.29 is 0 Å². The van der Waals surface area contributed by atoms with Crippen LogP contribution < -0.4 is 0 Å². The Hall–Kier alpha value is -1.04. The fourth-order valence-corrected chi connectivity index (χ4v) is 0.875. The van der Waals surface area contributed by atoms with Gasteiger partial charge in [-0.05, 0) is 25.3 Å². The molecule has 0 heteroatoms. The molecule has 0 aromatic heterocycles. The predicted molar refractivity (Wildman–Crippen MR) is 49.1 cm³/mol. The molecular weight excluding hydrogens is 132 g/mol. The molecule has 11 heavy (non-hydrogen) atoms. The van der Waals surface area contributed by atoms with Crippen LogP contribution in [0.25, 0.3) is 0 Å². The smallest absolute Gasteiger partial charge is 0.00977 e. The van der Waals surface area contributed by atoms with E-state index in [1.807, 2.05) is 0 Å². The normalized spacial score (nSPS) is 29.8. The van der Waals surface area contributed by atoms with Crippen molar-refractivity contribution in [3.8, 4) is 0 Å². The standard InChI is InChI=1S/C11H13/c1-2-4-6-8-10-11-9-7-5-3-1/h1-4,7-9H,5-6,11H2/b3-1-,4-2-,9-7-,10-8?. The lowest BCUT2D eigenvalue weighted by Gasteiger charge is -1.79. The molecule has 1 radical (unpaired) electrons. The highest BCUT2D eigenvalue weighted by atomic mass is 13.8. The van der Waals surface area contributed by atoms with Crippen LogP contribution in [0.1, 0.15) is 19.3 Å². The maximum absolute atomic E-state index is 3.19. The van der Waals surface area contributed by atoms with Crippen molar-refractivity contribution in [2.45, 2.75) is 19.3 Å². The van der Waals surface area contributed by atoms with Gasteiger partial charge in [-0.2, -0.15) is 0 Å². The van der Waals surface area contributed by atoms with Crippen LogP contribution in [0, 0.1) is 6.08 Å². The quantitative estimate of drug-likeness (QED) is 0.459. The van der Waals surface area contributed by atoms with Gasteiger partial charge in [0.15, 0.2) is 0 Å². The molecule has 1 aliphatic rings. The molecule has 0 amide bonds. The van der Waals surface area contributed by atoms with Gasteiger partial charge in [-0.15, -0.1) is 0 Å². The molecule has 0 aliphatic heterocycles. The van der Waals surface area contributed by atoms with E-state index in [1.165, 1.54) is 0 Å². The second kappa shape index (κ2) is 5.72. The fourth-order valence-electron chi connectivity index (χ4n) is 0.875. The SMILES string of the molecule is [C]1=C\C/C=C\C=C/C/C=C\C/1. The zero-order valence-electron chi connectivity index (χ0n) is 6.66. The molecule has 57 valence electrons. The number of allylic oxidation sites excluding steroid dienone is 8. The zero-order chi connectivity index (χ0) is 7.78. The molecule has 1 rings (SSSR count). The number of hydrogen-bond acceptors (Lipinski definition) is 0. The van der Waals surface area contributed by atoms with Gasteiger partial charge < -0.3 is 0 Å². The predicted octanol–water partition coefficient (Wildman–Crippen LogP) is 3.20. The van der Waals surface area contributed by atoms with E-state index in [-0.39, 0.29) is 0 Å². The van der Waals surface area contributed by atoms with E-state index in [1.54, 1.807) is 0 Å². The van der Waals surface area contributed by atoms with Crippen molar-refractivity contribution in [2.75, 3.05) is 0 Å². The van der Waals surface area contributed by atoms with Gasteiger partial charge in [0.1, 0.15) is 0 Å². The Labute approximate surface area is 68.6 Å². The zero-order valence-corrected chi connectivity index (χ0v) is 6.66. The van der Waals surface area contributed by atoms with Gasteiger partial charge in [0.2, 0.25) is 0 Å². The highest BCUT2D eigenvalue weighted by Crippen LogP contribution is 1.95. The van der Waals surface area contributed by atoms with E-state index in [0.717, 1.165) is 19.3 Å². The van der Waals surface area contributed by atoms with Crippen LogP contribution in [-0.4, -0.2) is 0 Å². The largest absolute Gasteiger partial charge is 0.0844 e. The van der Waals surface area contributed by atoms with Crippen LogP contribution in [-0.2, 0) is 0 Å². The van der Waals surface area contributed by atoms with E-state index in [4.69, 9.17) is 0 Å². The Kier molecular flexibility index (Phi) is 4.19. The Balaban J connectivity index is 2.47. The van der Waals surface area contributed by atoms with Crippen LogP contribution >= 0.6 is 0 Å². The average Bonchev–Trinajstić information content (AvgIpc) is 2.08. The summed E-state index contributed by atoms with van der Waals surface area (Å²) in [6.07, 6.45) is 21.0. The summed E-state index contributed by atoms with van der Waals surface area (Å²) in [6, 6.07) is 0. The minimum Gasteiger partial charge on any atom is -0.0844 e. The Morgan fingerprint density at radius 2 is 1.64 bits per heavy atom. The molecule has 0 spiro atoms. The summed E-state index contributed by atoms with van der Waals surface area (Å²) in [5, 5.41) is 0. The number of rotatable bonds is 0. The summed E-state index contributed by atoms with van der Waals surface area (Å²) >= 11 is 0. The molecule has 0 aromatic carbocycles. The molecule has 0 bridgehead atoms. The Bertz CT molecular complexity index is 170. The maximum atomic E-state index is 3.19. The molecule has 0 unspecified atom stereocenters. The third-order valence-electron chi connectivity index (χ3n) is 1.46. The van der Waals surface area contributed by atoms with Crippen LogP contribution in [0.4, 0.5) is 0 Å². The van der Waals surface area contributed by atoms with Crippen molar-refractivity contribution >= 4 is 0 Å². The van der Waals surface area contributed by atoms with Crippen molar-refractivity contribution in [2.24, 2.45) is 0 Å². The Morgan fingerprint density at radius 1 is 0.818 bits per heavy atom. The lowest BCUT2D eigenvalue weighted by atomic mass is 10.3. The molecule has 0 saturated heterocycles. The highest BCUT2D eigenvalue weighted by molar-refractivity contribution is 5.07. The first kappa shape index (κ1) is 8.06. The molecule has 0 aromatic rings. The molecule has 0 atom stereocenters. The topological polar surface area (TPSA) is 0 Å². The second-order valence-electron chi connectivity index (χ2n) is 2.41. The van der Waals surface area contributed by atoms with Gasteiger partial charge in [-0.3, -0.25) is 0 Å². The van der Waals surface area contributed by atoms with E-state index >= 15 is 0 Å². The van der Waals surface area contributed by atoms with E-state index in [9.17, 15) is 0 Å². The molecular formula is C11H13. The van der Waals surface area contributed by atoms with Gasteiger partial charge in [-0.1, -0.05) is 42.5 Å². The van der Waals surface area contributed by atoms with E-state index in [0.29, 0.717) is 0 Å². The molecule has 0 saturated carbocycles. The monoisotopic (exact) mass is 145 g/mol. The lowest BCUT2D eigenvalue weighted by Crippen LogP contribution is -1.60. The summed E-state index contributed by atoms with van der Waals surface area (Å²) in [6.45, 7) is 0. The Morgan fingerprint density at radius 3 is 2.55 bits per heavy atom. The van der Waals surface area contributed by atoms with Crippen molar-refractivity contribution in [1.29, 1.82) is 0 Å². The first-order valence-electron chi connectivity index (χ1n) is 4.02. The van der Waals surface area contributed by atoms with E-state index < -0.39 is 0 Å². The molecule has 1 aliphatic carbocycles. The third kappa shape index (κ3) is 4.38. The second-order valence-corrected chi connectivity index (χ2v) is 2.41. The first-order valence-corrected chi connectivity index (χ1v) is 4.02. The molecule has 0 nitrogen and oxygen atoms in total. The molecule has 0 fully saturated rings. The highest BCUT2D eigenvalue weighted by Gasteiger charge is 1.75. The van der Waals surface area contributed by atoms with Gasteiger partial charge in [0.05, 0.1) is 0 Å². The summed E-state index contributed by atoms with van der Waals surface area (Å²) in [7, 11) is 0. The minimum absolute atomic E-state index is 0.946. The average molecular weight is 145 g/mol. The van der Waals surface area contributed by atoms with E-state index in [2.05, 4.69) is 48.6 Å². The summed E-state index contributed by atoms with van der Waals surface area (Å²) in [5.41, 5.74) is 0. The van der Waals surface area contributed by atoms with Gasteiger partial charge in [0, 0.05) is 0 Å². The van der Waals surface area contributed by atoms with Gasteiger partial charge in [-0.25, -0.2) is 0 Å². The lowest BCUT2D eigenvalue weighted by molar-refractivity contribution is 1.25. The maximum Gasteiger partial charge on any atom is -0.00977 e. The summed E-state index contributed by atoms with van der Waals surface area (Å²) in [4.78, 5) is 0. The molecule has 0 heterocycles. The van der Waals surface area contributed by atoms with Crippen molar-refractivity contribution in [3.63, 3.8) is 0 Å². The van der Waals surface area contributed by atoms with Gasteiger partial charge >= 0.3 is 0 Å². The van der Waals surface area contributed by atoms with Gasteiger partial charge in [0.25, 0.3) is 0 Å². The fraction of sp³-hybridized carbons (Fsp3) is 0.273. The van der Waals surface area contributed by atoms with Crippen molar-refractivity contribution in [3.05, 3.63) is 48.6 Å². The molecule has 0 N–H and O–H groups in total. The first-order chi connectivity index (χ1) is 5.50. The van der Waals surface area contributed by atoms with Crippen LogP contribution in [0.15, 0.2) is 42.5 Å². The number of hydrogen-bond donors (Lipinski definition) is 0. The minimum atomic E-state index is 0.946. The van der Waals surface area contributed by atoms with Crippen LogP contribution in [0.5, 0.6) is 0 Å².